The van der Waals surface area contributed by atoms with Crippen molar-refractivity contribution in [1.82, 2.24) is 0 Å². The molecule has 0 fully saturated rings. The van der Waals surface area contributed by atoms with Crippen LogP contribution in [-0.2, 0) is 19.1 Å². The largest absolute Gasteiger partial charge is 0.504 e. The molecule has 1 heterocycles. The maximum atomic E-state index is 12.7. The van der Waals surface area contributed by atoms with Crippen LogP contribution in [0.4, 0.5) is 0 Å². The van der Waals surface area contributed by atoms with E-state index in [4.69, 9.17) is 4.74 Å². The number of hydrogen-bond acceptors (Lipinski definition) is 6. The topological polar surface area (TPSA) is 101 Å². The number of Topliss-reactive ketones (excluding diaryl/α,β-unsaturated/α-hetero) is 2. The standard InChI is InChI=1S/C20H24O6/c1-9(2)13-7-6-12-8-14(26-20(12)25)15(10(3)4)19(24)17(22)11(5)16(21)18(13)23/h8,13-15,18,22-23H,1,3,6-7H2,2,4-5H3/b17-11+/t13-,14+,15-,18-/m0/s1. The first kappa shape index (κ1) is 19.8. The average Bonchev–Trinajstić information content (AvgIpc) is 2.91. The van der Waals surface area contributed by atoms with E-state index >= 15 is 0 Å². The van der Waals surface area contributed by atoms with Crippen molar-refractivity contribution in [2.24, 2.45) is 11.8 Å². The number of ether oxygens (including phenoxy) is 1. The van der Waals surface area contributed by atoms with E-state index in [1.165, 1.54) is 6.92 Å². The first-order valence-electron chi connectivity index (χ1n) is 8.45. The first-order valence-corrected chi connectivity index (χ1v) is 8.45. The summed E-state index contributed by atoms with van der Waals surface area (Å²) in [6.45, 7) is 12.1. The van der Waals surface area contributed by atoms with E-state index in [2.05, 4.69) is 13.2 Å². The molecule has 1 aliphatic carbocycles. The summed E-state index contributed by atoms with van der Waals surface area (Å²) in [5.74, 6) is -4.40. The molecule has 2 bridgehead atoms. The van der Waals surface area contributed by atoms with Crippen LogP contribution < -0.4 is 0 Å². The number of hydrogen-bond donors (Lipinski definition) is 2. The molecule has 140 valence electrons. The summed E-state index contributed by atoms with van der Waals surface area (Å²) in [5.41, 5.74) is 1.12. The smallest absolute Gasteiger partial charge is 0.334 e. The summed E-state index contributed by atoms with van der Waals surface area (Å²) in [6.07, 6.45) is -0.175. The molecule has 0 aromatic heterocycles. The number of carbonyl (C=O) groups is 3. The molecule has 0 spiro atoms. The third-order valence-electron chi connectivity index (χ3n) is 4.98. The molecular formula is C20H24O6. The molecule has 0 saturated carbocycles. The molecule has 0 radical (unpaired) electrons. The second-order valence-corrected chi connectivity index (χ2v) is 7.02. The van der Waals surface area contributed by atoms with Gasteiger partial charge in [0.05, 0.1) is 5.92 Å². The summed E-state index contributed by atoms with van der Waals surface area (Å²) in [4.78, 5) is 37.4. The lowest BCUT2D eigenvalue weighted by atomic mass is 9.82. The van der Waals surface area contributed by atoms with Gasteiger partial charge in [0.2, 0.25) is 5.78 Å². The molecule has 0 saturated heterocycles. The molecule has 2 rings (SSSR count). The Morgan fingerprint density at radius 3 is 2.31 bits per heavy atom. The van der Waals surface area contributed by atoms with Crippen LogP contribution in [0.3, 0.4) is 0 Å². The Balaban J connectivity index is 2.58. The zero-order valence-corrected chi connectivity index (χ0v) is 15.2. The van der Waals surface area contributed by atoms with E-state index in [0.717, 1.165) is 0 Å². The number of aliphatic hydroxyl groups is 2. The van der Waals surface area contributed by atoms with Crippen LogP contribution >= 0.6 is 0 Å². The predicted molar refractivity (Wildman–Crippen MR) is 95.2 cm³/mol. The Morgan fingerprint density at radius 1 is 1.15 bits per heavy atom. The molecule has 0 amide bonds. The summed E-state index contributed by atoms with van der Waals surface area (Å²) in [6, 6.07) is 0. The van der Waals surface area contributed by atoms with Crippen LogP contribution in [0.2, 0.25) is 0 Å². The van der Waals surface area contributed by atoms with Crippen molar-refractivity contribution in [2.45, 2.75) is 45.8 Å². The summed E-state index contributed by atoms with van der Waals surface area (Å²) in [7, 11) is 0. The molecule has 6 heteroatoms. The van der Waals surface area contributed by atoms with Crippen molar-refractivity contribution in [3.63, 3.8) is 0 Å². The first-order chi connectivity index (χ1) is 12.1. The van der Waals surface area contributed by atoms with Gasteiger partial charge in [0, 0.05) is 17.1 Å². The highest BCUT2D eigenvalue weighted by atomic mass is 16.5. The highest BCUT2D eigenvalue weighted by Crippen LogP contribution is 2.33. The van der Waals surface area contributed by atoms with Gasteiger partial charge in [-0.1, -0.05) is 24.3 Å². The van der Waals surface area contributed by atoms with E-state index in [1.807, 2.05) is 0 Å². The fourth-order valence-electron chi connectivity index (χ4n) is 3.34. The lowest BCUT2D eigenvalue weighted by Gasteiger charge is -2.24. The number of carbonyl (C=O) groups excluding carboxylic acids is 3. The van der Waals surface area contributed by atoms with Crippen LogP contribution in [0.25, 0.3) is 0 Å². The summed E-state index contributed by atoms with van der Waals surface area (Å²) >= 11 is 0. The molecule has 4 atom stereocenters. The van der Waals surface area contributed by atoms with Gasteiger partial charge in [-0.25, -0.2) is 4.79 Å². The number of esters is 1. The minimum atomic E-state index is -1.46. The number of ketones is 2. The van der Waals surface area contributed by atoms with Crippen molar-refractivity contribution in [3.8, 4) is 0 Å². The van der Waals surface area contributed by atoms with Gasteiger partial charge in [-0.2, -0.15) is 0 Å². The van der Waals surface area contributed by atoms with E-state index < -0.39 is 47.3 Å². The van der Waals surface area contributed by atoms with Gasteiger partial charge in [-0.3, -0.25) is 9.59 Å². The molecule has 0 aromatic carbocycles. The van der Waals surface area contributed by atoms with Crippen LogP contribution in [0, 0.1) is 11.8 Å². The van der Waals surface area contributed by atoms with Crippen molar-refractivity contribution < 1.29 is 29.3 Å². The fraction of sp³-hybridized carbons (Fsp3) is 0.450. The van der Waals surface area contributed by atoms with Gasteiger partial charge in [0.25, 0.3) is 0 Å². The summed E-state index contributed by atoms with van der Waals surface area (Å²) in [5, 5.41) is 20.8. The Kier molecular flexibility index (Phi) is 5.66. The molecule has 0 aromatic rings. The van der Waals surface area contributed by atoms with Gasteiger partial charge in [-0.05, 0) is 39.7 Å². The SMILES string of the molecule is C=C(C)[C@@H]1C(=O)/C(O)=C(/C)C(=O)[C@@H](O)[C@H](C(=C)C)CCC2=C[C@H]1OC2=O. The maximum Gasteiger partial charge on any atom is 0.334 e. The Labute approximate surface area is 152 Å². The van der Waals surface area contributed by atoms with Crippen LogP contribution in [-0.4, -0.2) is 40.0 Å². The maximum absolute atomic E-state index is 12.7. The van der Waals surface area contributed by atoms with E-state index in [-0.39, 0.29) is 12.0 Å². The highest BCUT2D eigenvalue weighted by molar-refractivity contribution is 6.08. The number of allylic oxidation sites excluding steroid dienone is 1. The molecule has 0 unspecified atom stereocenters. The molecular weight excluding hydrogens is 336 g/mol. The lowest BCUT2D eigenvalue weighted by molar-refractivity contribution is -0.142. The van der Waals surface area contributed by atoms with Gasteiger partial charge in [0.1, 0.15) is 12.2 Å². The number of rotatable bonds is 2. The van der Waals surface area contributed by atoms with E-state index in [1.54, 1.807) is 19.9 Å². The van der Waals surface area contributed by atoms with Gasteiger partial charge in [0.15, 0.2) is 11.5 Å². The highest BCUT2D eigenvalue weighted by Gasteiger charge is 2.40. The van der Waals surface area contributed by atoms with Crippen molar-refractivity contribution in [1.29, 1.82) is 0 Å². The predicted octanol–water partition coefficient (Wildman–Crippen LogP) is 2.35. The molecule has 1 aliphatic heterocycles. The third kappa shape index (κ3) is 3.55. The zero-order valence-electron chi connectivity index (χ0n) is 15.2. The second-order valence-electron chi connectivity index (χ2n) is 7.02. The minimum Gasteiger partial charge on any atom is -0.504 e. The average molecular weight is 360 g/mol. The quantitative estimate of drug-likeness (QED) is 0.579. The molecule has 2 N–H and O–H groups in total. The minimum absolute atomic E-state index is 0.228. The fourth-order valence-corrected chi connectivity index (χ4v) is 3.34. The van der Waals surface area contributed by atoms with Crippen LogP contribution in [0.5, 0.6) is 0 Å². The third-order valence-corrected chi connectivity index (χ3v) is 4.98. The second kappa shape index (κ2) is 7.41. The van der Waals surface area contributed by atoms with Crippen molar-refractivity contribution in [2.75, 3.05) is 0 Å². The number of fused-ring (bicyclic) bond motifs is 1. The van der Waals surface area contributed by atoms with E-state index in [0.29, 0.717) is 23.1 Å². The van der Waals surface area contributed by atoms with Crippen molar-refractivity contribution >= 4 is 17.5 Å². The zero-order chi connectivity index (χ0) is 19.8. The lowest BCUT2D eigenvalue weighted by Crippen LogP contribution is -2.34. The Bertz CT molecular complexity index is 754. The van der Waals surface area contributed by atoms with Crippen LogP contribution in [0.1, 0.15) is 33.6 Å². The molecule has 6 nitrogen and oxygen atoms in total. The van der Waals surface area contributed by atoms with Gasteiger partial charge in [-0.15, -0.1) is 0 Å². The monoisotopic (exact) mass is 360 g/mol. The van der Waals surface area contributed by atoms with Gasteiger partial charge < -0.3 is 14.9 Å². The Hall–Kier alpha value is -2.47. The molecule has 26 heavy (non-hydrogen) atoms. The van der Waals surface area contributed by atoms with Crippen molar-refractivity contribution in [3.05, 3.63) is 47.3 Å². The van der Waals surface area contributed by atoms with Gasteiger partial charge >= 0.3 is 5.97 Å². The number of aliphatic hydroxyl groups excluding tert-OH is 2. The normalized spacial score (nSPS) is 33.1. The van der Waals surface area contributed by atoms with E-state index in [9.17, 15) is 24.6 Å². The van der Waals surface area contributed by atoms with Crippen LogP contribution in [0.15, 0.2) is 47.3 Å². The molecule has 2 aliphatic rings. The summed E-state index contributed by atoms with van der Waals surface area (Å²) < 4.78 is 5.30. The Morgan fingerprint density at radius 2 is 1.77 bits per heavy atom.